The van der Waals surface area contributed by atoms with Crippen molar-refractivity contribution in [2.45, 2.75) is 19.3 Å². The Morgan fingerprint density at radius 3 is 2.39 bits per heavy atom. The Morgan fingerprint density at radius 1 is 1.13 bits per heavy atom. The van der Waals surface area contributed by atoms with Gasteiger partial charge >= 0.3 is 0 Å². The SMILES string of the molecule is CN(CCN(C)c1ccccc1)C(=O)[C@@H]1CCC[C@@H]1CN.Cl.Cl. The van der Waals surface area contributed by atoms with Crippen molar-refractivity contribution in [2.24, 2.45) is 17.6 Å². The second-order valence-electron chi connectivity index (χ2n) is 6.05. The molecule has 1 amide bonds. The van der Waals surface area contributed by atoms with Crippen molar-refractivity contribution in [1.29, 1.82) is 0 Å². The Balaban J connectivity index is 0.00000242. The summed E-state index contributed by atoms with van der Waals surface area (Å²) in [5.74, 6) is 0.790. The Morgan fingerprint density at radius 2 is 1.78 bits per heavy atom. The number of nitrogens with two attached hydrogens (primary N) is 1. The van der Waals surface area contributed by atoms with Crippen LogP contribution in [0.15, 0.2) is 30.3 Å². The number of hydrogen-bond acceptors (Lipinski definition) is 3. The van der Waals surface area contributed by atoms with Gasteiger partial charge in [-0.15, -0.1) is 24.8 Å². The second kappa shape index (κ2) is 10.7. The number of carbonyl (C=O) groups is 1. The first-order chi connectivity index (χ1) is 10.1. The summed E-state index contributed by atoms with van der Waals surface area (Å²) < 4.78 is 0. The first-order valence-electron chi connectivity index (χ1n) is 7.84. The van der Waals surface area contributed by atoms with Crippen LogP contribution in [0.4, 0.5) is 5.69 Å². The van der Waals surface area contributed by atoms with Gasteiger partial charge in [0.05, 0.1) is 0 Å². The normalized spacial score (nSPS) is 19.4. The highest BCUT2D eigenvalue weighted by atomic mass is 35.5. The minimum Gasteiger partial charge on any atom is -0.373 e. The van der Waals surface area contributed by atoms with Crippen molar-refractivity contribution in [1.82, 2.24) is 4.90 Å². The summed E-state index contributed by atoms with van der Waals surface area (Å²) in [6.45, 7) is 2.22. The van der Waals surface area contributed by atoms with Gasteiger partial charge in [-0.05, 0) is 37.4 Å². The van der Waals surface area contributed by atoms with Crippen molar-refractivity contribution < 1.29 is 4.79 Å². The fraction of sp³-hybridized carbons (Fsp3) is 0.588. The van der Waals surface area contributed by atoms with E-state index in [1.165, 1.54) is 5.69 Å². The fourth-order valence-corrected chi connectivity index (χ4v) is 3.15. The quantitative estimate of drug-likeness (QED) is 0.847. The molecule has 132 valence electrons. The third kappa shape index (κ3) is 5.87. The molecule has 4 nitrogen and oxygen atoms in total. The predicted octanol–water partition coefficient (Wildman–Crippen LogP) is 2.80. The van der Waals surface area contributed by atoms with E-state index in [4.69, 9.17) is 5.73 Å². The molecule has 0 bridgehead atoms. The summed E-state index contributed by atoms with van der Waals surface area (Å²) >= 11 is 0. The maximum Gasteiger partial charge on any atom is 0.225 e. The summed E-state index contributed by atoms with van der Waals surface area (Å²) in [5.41, 5.74) is 6.96. The van der Waals surface area contributed by atoms with Gasteiger partial charge in [-0.3, -0.25) is 4.79 Å². The van der Waals surface area contributed by atoms with Crippen molar-refractivity contribution in [2.75, 3.05) is 38.6 Å². The zero-order chi connectivity index (χ0) is 15.2. The van der Waals surface area contributed by atoms with E-state index in [1.54, 1.807) is 0 Å². The van der Waals surface area contributed by atoms with Gasteiger partial charge in [0.25, 0.3) is 0 Å². The van der Waals surface area contributed by atoms with Crippen LogP contribution in [0.1, 0.15) is 19.3 Å². The molecule has 0 spiro atoms. The Labute approximate surface area is 152 Å². The largest absolute Gasteiger partial charge is 0.373 e. The first-order valence-corrected chi connectivity index (χ1v) is 7.84. The highest BCUT2D eigenvalue weighted by molar-refractivity contribution is 5.85. The highest BCUT2D eigenvalue weighted by Crippen LogP contribution is 2.32. The van der Waals surface area contributed by atoms with Gasteiger partial charge in [-0.25, -0.2) is 0 Å². The first kappa shape index (κ1) is 22.0. The predicted molar refractivity (Wildman–Crippen MR) is 102 cm³/mol. The van der Waals surface area contributed by atoms with E-state index >= 15 is 0 Å². The van der Waals surface area contributed by atoms with Crippen LogP contribution in [0.25, 0.3) is 0 Å². The highest BCUT2D eigenvalue weighted by Gasteiger charge is 2.33. The number of halogens is 2. The molecule has 2 rings (SSSR count). The van der Waals surface area contributed by atoms with Crippen molar-refractivity contribution in [3.63, 3.8) is 0 Å². The molecule has 2 N–H and O–H groups in total. The Bertz CT molecular complexity index is 458. The summed E-state index contributed by atoms with van der Waals surface area (Å²) in [6, 6.07) is 10.3. The van der Waals surface area contributed by atoms with Gasteiger partial charge in [0.2, 0.25) is 5.91 Å². The Hall–Kier alpha value is -0.970. The van der Waals surface area contributed by atoms with Gasteiger partial charge in [0.1, 0.15) is 0 Å². The smallest absolute Gasteiger partial charge is 0.225 e. The summed E-state index contributed by atoms with van der Waals surface area (Å²) in [7, 11) is 3.97. The third-order valence-electron chi connectivity index (χ3n) is 4.62. The molecule has 0 saturated heterocycles. The summed E-state index contributed by atoms with van der Waals surface area (Å²) in [6.07, 6.45) is 3.24. The van der Waals surface area contributed by atoms with Gasteiger partial charge in [-0.1, -0.05) is 24.6 Å². The molecule has 0 heterocycles. The lowest BCUT2D eigenvalue weighted by Gasteiger charge is -2.27. The molecule has 1 aliphatic rings. The molecule has 23 heavy (non-hydrogen) atoms. The van der Waals surface area contributed by atoms with E-state index in [9.17, 15) is 4.79 Å². The van der Waals surface area contributed by atoms with Gasteiger partial charge in [-0.2, -0.15) is 0 Å². The maximum atomic E-state index is 12.5. The van der Waals surface area contributed by atoms with E-state index in [1.807, 2.05) is 30.1 Å². The average molecular weight is 362 g/mol. The lowest BCUT2D eigenvalue weighted by Crippen LogP contribution is -2.40. The number of amides is 1. The molecule has 1 saturated carbocycles. The minimum absolute atomic E-state index is 0. The second-order valence-corrected chi connectivity index (χ2v) is 6.05. The lowest BCUT2D eigenvalue weighted by atomic mass is 9.95. The van der Waals surface area contributed by atoms with Crippen molar-refractivity contribution >= 4 is 36.4 Å². The number of para-hydroxylation sites is 1. The Kier molecular flexibility index (Phi) is 10.3. The van der Waals surface area contributed by atoms with Crippen LogP contribution in [-0.2, 0) is 4.79 Å². The van der Waals surface area contributed by atoms with Crippen molar-refractivity contribution in [3.05, 3.63) is 30.3 Å². The van der Waals surface area contributed by atoms with Crippen LogP contribution < -0.4 is 10.6 Å². The number of carbonyl (C=O) groups excluding carboxylic acids is 1. The van der Waals surface area contributed by atoms with Crippen molar-refractivity contribution in [3.8, 4) is 0 Å². The van der Waals surface area contributed by atoms with E-state index in [-0.39, 0.29) is 36.6 Å². The summed E-state index contributed by atoms with van der Waals surface area (Å²) in [4.78, 5) is 16.6. The number of hydrogen-bond donors (Lipinski definition) is 1. The zero-order valence-corrected chi connectivity index (χ0v) is 15.6. The zero-order valence-electron chi connectivity index (χ0n) is 14.0. The standard InChI is InChI=1S/C17H27N3O.2ClH/c1-19(15-8-4-3-5-9-15)11-12-20(2)17(21)16-10-6-7-14(16)13-18;;/h3-5,8-9,14,16H,6-7,10-13,18H2,1-2H3;2*1H/t14-,16-;;/m1../s1. The molecule has 0 unspecified atom stereocenters. The molecular formula is C17H29Cl2N3O. The van der Waals surface area contributed by atoms with E-state index in [0.717, 1.165) is 32.4 Å². The maximum absolute atomic E-state index is 12.5. The van der Waals surface area contributed by atoms with E-state index < -0.39 is 0 Å². The topological polar surface area (TPSA) is 49.6 Å². The fourth-order valence-electron chi connectivity index (χ4n) is 3.15. The van der Waals surface area contributed by atoms with Gasteiger partial charge in [0, 0.05) is 38.8 Å². The number of anilines is 1. The summed E-state index contributed by atoms with van der Waals surface area (Å²) in [5, 5.41) is 0. The minimum atomic E-state index is 0. The number of rotatable bonds is 6. The molecule has 2 atom stereocenters. The molecule has 0 radical (unpaired) electrons. The van der Waals surface area contributed by atoms with E-state index in [2.05, 4.69) is 24.1 Å². The number of nitrogens with zero attached hydrogens (tertiary/aromatic N) is 2. The molecule has 1 aromatic carbocycles. The van der Waals surface area contributed by atoms with E-state index in [0.29, 0.717) is 12.5 Å². The van der Waals surface area contributed by atoms with Crippen LogP contribution in [0.2, 0.25) is 0 Å². The van der Waals surface area contributed by atoms with Crippen LogP contribution >= 0.6 is 24.8 Å². The molecule has 6 heteroatoms. The van der Waals surface area contributed by atoms with Gasteiger partial charge < -0.3 is 15.5 Å². The van der Waals surface area contributed by atoms with Crippen LogP contribution in [-0.4, -0.2) is 44.5 Å². The monoisotopic (exact) mass is 361 g/mol. The average Bonchev–Trinajstić information content (AvgIpc) is 3.00. The molecule has 0 aliphatic heterocycles. The molecule has 1 aromatic rings. The van der Waals surface area contributed by atoms with Crippen LogP contribution in [0.5, 0.6) is 0 Å². The number of likely N-dealkylation sites (N-methyl/N-ethyl adjacent to an activating group) is 2. The lowest BCUT2D eigenvalue weighted by molar-refractivity contribution is -0.135. The third-order valence-corrected chi connectivity index (χ3v) is 4.62. The number of benzene rings is 1. The van der Waals surface area contributed by atoms with Crippen LogP contribution in [0.3, 0.4) is 0 Å². The van der Waals surface area contributed by atoms with Crippen LogP contribution in [0, 0.1) is 11.8 Å². The molecule has 1 aliphatic carbocycles. The molecule has 1 fully saturated rings. The molecule has 0 aromatic heterocycles. The molecular weight excluding hydrogens is 333 g/mol. The van der Waals surface area contributed by atoms with Gasteiger partial charge in [0.15, 0.2) is 0 Å².